The standard InChI is InChI=1S/C25H26N2O3/c26-14-13-18-9-11-20(12-10-18)24(28)21-15-22-7-4-8-23(16-21)27(22)25(29)30-17-19-5-2-1-3-6-19/h1-3,5-6,9-12,21-23H,4,7-8,13,15-17H2. The Balaban J connectivity index is 1.41. The van der Waals surface area contributed by atoms with Crippen molar-refractivity contribution < 1.29 is 14.3 Å². The maximum absolute atomic E-state index is 13.1. The molecule has 2 bridgehead atoms. The van der Waals surface area contributed by atoms with Crippen molar-refractivity contribution in [2.24, 2.45) is 5.92 Å². The first-order valence-electron chi connectivity index (χ1n) is 10.6. The Labute approximate surface area is 177 Å². The van der Waals surface area contributed by atoms with E-state index < -0.39 is 0 Å². The number of benzene rings is 2. The maximum atomic E-state index is 13.1. The van der Waals surface area contributed by atoms with Crippen LogP contribution in [-0.2, 0) is 17.8 Å². The highest BCUT2D eigenvalue weighted by Crippen LogP contribution is 2.38. The van der Waals surface area contributed by atoms with Crippen LogP contribution >= 0.6 is 0 Å². The summed E-state index contributed by atoms with van der Waals surface area (Å²) in [5.74, 6) is 0.0769. The average molecular weight is 402 g/mol. The predicted molar refractivity (Wildman–Crippen MR) is 113 cm³/mol. The van der Waals surface area contributed by atoms with Crippen LogP contribution < -0.4 is 0 Å². The lowest BCUT2D eigenvalue weighted by molar-refractivity contribution is 0.00473. The third-order valence-corrected chi connectivity index (χ3v) is 6.28. The zero-order valence-electron chi connectivity index (χ0n) is 17.0. The molecule has 0 saturated carbocycles. The number of carbonyl (C=O) groups is 2. The number of piperidine rings is 2. The Hall–Kier alpha value is -3.13. The van der Waals surface area contributed by atoms with E-state index in [2.05, 4.69) is 6.07 Å². The SMILES string of the molecule is N#CCc1ccc(C(=O)C2CC3CCCC(C2)N3C(=O)OCc2ccccc2)cc1. The van der Waals surface area contributed by atoms with Gasteiger partial charge in [0.2, 0.25) is 0 Å². The lowest BCUT2D eigenvalue weighted by atomic mass is 9.76. The first kappa shape index (κ1) is 20.2. The van der Waals surface area contributed by atoms with Gasteiger partial charge in [0.15, 0.2) is 5.78 Å². The van der Waals surface area contributed by atoms with E-state index in [1.54, 1.807) is 0 Å². The Morgan fingerprint density at radius 1 is 0.967 bits per heavy atom. The van der Waals surface area contributed by atoms with Gasteiger partial charge in [0.25, 0.3) is 0 Å². The second kappa shape index (κ2) is 9.13. The summed E-state index contributed by atoms with van der Waals surface area (Å²) in [4.78, 5) is 27.8. The molecule has 2 atom stereocenters. The average Bonchev–Trinajstić information content (AvgIpc) is 2.77. The van der Waals surface area contributed by atoms with E-state index in [9.17, 15) is 9.59 Å². The second-order valence-corrected chi connectivity index (χ2v) is 8.25. The quantitative estimate of drug-likeness (QED) is 0.667. The number of carbonyl (C=O) groups excluding carboxylic acids is 2. The van der Waals surface area contributed by atoms with Gasteiger partial charge in [-0.25, -0.2) is 4.79 Å². The first-order chi connectivity index (χ1) is 14.7. The number of Topliss-reactive ketones (excluding diaryl/α,β-unsaturated/α-hetero) is 1. The Bertz CT molecular complexity index is 919. The fourth-order valence-electron chi connectivity index (χ4n) is 4.80. The summed E-state index contributed by atoms with van der Waals surface area (Å²) in [5.41, 5.74) is 2.59. The lowest BCUT2D eigenvalue weighted by Gasteiger charge is -2.47. The molecule has 2 saturated heterocycles. The Morgan fingerprint density at radius 3 is 2.27 bits per heavy atom. The molecule has 1 amide bonds. The van der Waals surface area contributed by atoms with Crippen molar-refractivity contribution >= 4 is 11.9 Å². The molecule has 4 rings (SSSR count). The molecule has 2 aromatic carbocycles. The van der Waals surface area contributed by atoms with E-state index in [-0.39, 0.29) is 36.5 Å². The van der Waals surface area contributed by atoms with E-state index in [4.69, 9.17) is 10.00 Å². The topological polar surface area (TPSA) is 70.4 Å². The molecule has 5 nitrogen and oxygen atoms in total. The largest absolute Gasteiger partial charge is 0.445 e. The fourth-order valence-corrected chi connectivity index (χ4v) is 4.80. The van der Waals surface area contributed by atoms with Crippen molar-refractivity contribution in [1.29, 1.82) is 5.26 Å². The molecular formula is C25H26N2O3. The number of nitriles is 1. The maximum Gasteiger partial charge on any atom is 0.410 e. The minimum atomic E-state index is -0.264. The van der Waals surface area contributed by atoms with Crippen LogP contribution in [0.5, 0.6) is 0 Å². The highest BCUT2D eigenvalue weighted by Gasteiger charge is 2.43. The number of hydrogen-bond acceptors (Lipinski definition) is 4. The molecule has 2 unspecified atom stereocenters. The van der Waals surface area contributed by atoms with E-state index >= 15 is 0 Å². The van der Waals surface area contributed by atoms with Gasteiger partial charge in [-0.1, -0.05) is 54.6 Å². The summed E-state index contributed by atoms with van der Waals surface area (Å²) in [6, 6.07) is 19.3. The van der Waals surface area contributed by atoms with Crippen LogP contribution in [0.1, 0.15) is 53.6 Å². The smallest absolute Gasteiger partial charge is 0.410 e. The number of ether oxygens (including phenoxy) is 1. The number of amides is 1. The molecule has 30 heavy (non-hydrogen) atoms. The van der Waals surface area contributed by atoms with E-state index in [0.29, 0.717) is 24.8 Å². The van der Waals surface area contributed by atoms with Crippen LogP contribution in [-0.4, -0.2) is 28.9 Å². The third-order valence-electron chi connectivity index (χ3n) is 6.28. The molecular weight excluding hydrogens is 376 g/mol. The molecule has 5 heteroatoms. The fraction of sp³-hybridized carbons (Fsp3) is 0.400. The number of fused-ring (bicyclic) bond motifs is 2. The molecule has 0 spiro atoms. The zero-order chi connectivity index (χ0) is 20.9. The summed E-state index contributed by atoms with van der Waals surface area (Å²) in [5, 5.41) is 8.81. The van der Waals surface area contributed by atoms with Crippen molar-refractivity contribution in [3.63, 3.8) is 0 Å². The van der Waals surface area contributed by atoms with Crippen LogP contribution in [0.2, 0.25) is 0 Å². The third kappa shape index (κ3) is 4.38. The lowest BCUT2D eigenvalue weighted by Crippen LogP contribution is -2.55. The molecule has 2 aromatic rings. The van der Waals surface area contributed by atoms with Crippen molar-refractivity contribution in [2.75, 3.05) is 0 Å². The van der Waals surface area contributed by atoms with Crippen LogP contribution in [0.3, 0.4) is 0 Å². The van der Waals surface area contributed by atoms with Gasteiger partial charge in [0.1, 0.15) is 6.61 Å². The highest BCUT2D eigenvalue weighted by atomic mass is 16.6. The summed E-state index contributed by atoms with van der Waals surface area (Å²) in [6.45, 7) is 0.271. The van der Waals surface area contributed by atoms with Crippen LogP contribution in [0.4, 0.5) is 4.79 Å². The van der Waals surface area contributed by atoms with Crippen molar-refractivity contribution in [3.05, 3.63) is 71.3 Å². The normalized spacial score (nSPS) is 22.8. The molecule has 0 aromatic heterocycles. The van der Waals surface area contributed by atoms with Crippen molar-refractivity contribution in [1.82, 2.24) is 4.90 Å². The van der Waals surface area contributed by atoms with Gasteiger partial charge >= 0.3 is 6.09 Å². The molecule has 154 valence electrons. The minimum Gasteiger partial charge on any atom is -0.445 e. The molecule has 2 aliphatic rings. The van der Waals surface area contributed by atoms with E-state index in [0.717, 1.165) is 30.4 Å². The van der Waals surface area contributed by atoms with Gasteiger partial charge < -0.3 is 9.64 Å². The van der Waals surface area contributed by atoms with Crippen LogP contribution in [0.15, 0.2) is 54.6 Å². The van der Waals surface area contributed by atoms with Gasteiger partial charge in [0.05, 0.1) is 12.5 Å². The summed E-state index contributed by atoms with van der Waals surface area (Å²) < 4.78 is 5.60. The minimum absolute atomic E-state index is 0.0626. The monoisotopic (exact) mass is 402 g/mol. The number of nitrogens with zero attached hydrogens (tertiary/aromatic N) is 2. The van der Waals surface area contributed by atoms with Gasteiger partial charge in [-0.2, -0.15) is 5.26 Å². The first-order valence-corrected chi connectivity index (χ1v) is 10.6. The van der Waals surface area contributed by atoms with E-state index in [1.165, 1.54) is 0 Å². The predicted octanol–water partition coefficient (Wildman–Crippen LogP) is 4.91. The molecule has 0 N–H and O–H groups in total. The zero-order valence-corrected chi connectivity index (χ0v) is 17.0. The molecule has 2 heterocycles. The van der Waals surface area contributed by atoms with Gasteiger partial charge in [-0.15, -0.1) is 0 Å². The van der Waals surface area contributed by atoms with Gasteiger partial charge in [-0.3, -0.25) is 4.79 Å². The van der Waals surface area contributed by atoms with Gasteiger partial charge in [-0.05, 0) is 43.2 Å². The van der Waals surface area contributed by atoms with Gasteiger partial charge in [0, 0.05) is 23.6 Å². The Morgan fingerprint density at radius 2 is 1.63 bits per heavy atom. The Kier molecular flexibility index (Phi) is 6.13. The number of rotatable bonds is 5. The number of ketones is 1. The second-order valence-electron chi connectivity index (χ2n) is 8.25. The molecule has 2 aliphatic heterocycles. The summed E-state index contributed by atoms with van der Waals surface area (Å²) in [7, 11) is 0. The molecule has 0 radical (unpaired) electrons. The molecule has 0 aliphatic carbocycles. The van der Waals surface area contributed by atoms with E-state index in [1.807, 2.05) is 59.5 Å². The summed E-state index contributed by atoms with van der Waals surface area (Å²) >= 11 is 0. The highest BCUT2D eigenvalue weighted by molar-refractivity contribution is 5.98. The molecule has 2 fully saturated rings. The van der Waals surface area contributed by atoms with Crippen molar-refractivity contribution in [3.8, 4) is 6.07 Å². The van der Waals surface area contributed by atoms with Crippen molar-refractivity contribution in [2.45, 2.75) is 57.2 Å². The van der Waals surface area contributed by atoms with Crippen LogP contribution in [0, 0.1) is 17.2 Å². The summed E-state index contributed by atoms with van der Waals surface area (Å²) in [6.07, 6.45) is 4.39. The van der Waals surface area contributed by atoms with Crippen LogP contribution in [0.25, 0.3) is 0 Å². The number of hydrogen-bond donors (Lipinski definition) is 0.